The van der Waals surface area contributed by atoms with Crippen molar-refractivity contribution in [2.75, 3.05) is 25.6 Å². The molecular weight excluding hydrogens is 552 g/mol. The Hall–Kier alpha value is -2.30. The number of para-hydroxylation sites is 1. The number of amides is 3. The Bertz CT molecular complexity index is 1070. The number of ether oxygens (including phenoxy) is 2. The molecule has 3 amide bonds. The first-order valence-corrected chi connectivity index (χ1v) is 11.5. The number of nitrogens with zero attached hydrogens (tertiary/aromatic N) is 1. The smallest absolute Gasteiger partial charge is 0.294 e. The van der Waals surface area contributed by atoms with Crippen LogP contribution in [-0.2, 0) is 9.59 Å². The summed E-state index contributed by atoms with van der Waals surface area (Å²) in [5.41, 5.74) is 1.20. The Morgan fingerprint density at radius 3 is 2.58 bits per heavy atom. The number of hydrogen-bond donors (Lipinski definition) is 1. The number of carbonyl (C=O) groups is 3. The fourth-order valence-corrected chi connectivity index (χ4v) is 4.41. The molecule has 1 heterocycles. The Balaban J connectivity index is 1.77. The van der Waals surface area contributed by atoms with Crippen LogP contribution in [0.3, 0.4) is 0 Å². The molecule has 1 N–H and O–H groups in total. The molecule has 1 fully saturated rings. The first kappa shape index (κ1) is 23.4. The molecule has 10 heteroatoms. The van der Waals surface area contributed by atoms with Gasteiger partial charge in [-0.15, -0.1) is 0 Å². The average Bonchev–Trinajstić information content (AvgIpc) is 2.99. The van der Waals surface area contributed by atoms with Crippen molar-refractivity contribution in [2.45, 2.75) is 6.92 Å². The van der Waals surface area contributed by atoms with Gasteiger partial charge in [-0.1, -0.05) is 28.1 Å². The molecule has 0 bridgehead atoms. The van der Waals surface area contributed by atoms with Crippen LogP contribution in [0, 0.1) is 0 Å². The number of rotatable bonds is 7. The van der Waals surface area contributed by atoms with Gasteiger partial charge in [0.15, 0.2) is 11.5 Å². The van der Waals surface area contributed by atoms with E-state index in [-0.39, 0.29) is 11.4 Å². The second kappa shape index (κ2) is 10.3. The molecule has 3 rings (SSSR count). The highest BCUT2D eigenvalue weighted by Crippen LogP contribution is 2.38. The second-order valence-electron chi connectivity index (χ2n) is 6.25. The van der Waals surface area contributed by atoms with Gasteiger partial charge in [0.1, 0.15) is 6.54 Å². The summed E-state index contributed by atoms with van der Waals surface area (Å²) in [7, 11) is 1.52. The van der Waals surface area contributed by atoms with Crippen molar-refractivity contribution in [3.05, 3.63) is 55.8 Å². The van der Waals surface area contributed by atoms with Crippen LogP contribution in [0.25, 0.3) is 6.08 Å². The van der Waals surface area contributed by atoms with Crippen molar-refractivity contribution in [1.82, 2.24) is 4.90 Å². The summed E-state index contributed by atoms with van der Waals surface area (Å²) in [5.74, 6) is 0.0608. The molecule has 0 saturated carbocycles. The fourth-order valence-electron chi connectivity index (χ4n) is 2.76. The van der Waals surface area contributed by atoms with Crippen LogP contribution in [0.2, 0.25) is 0 Å². The van der Waals surface area contributed by atoms with Crippen molar-refractivity contribution in [2.24, 2.45) is 0 Å². The number of methoxy groups -OCH3 is 1. The standard InChI is InChI=1S/C21H18Br2N2O5S/c1-3-30-17-10-14(23)12(8-16(17)29-2)9-18-20(27)25(21(28)31-18)11-19(26)24-15-7-5-4-6-13(15)22/h4-10H,3,11H2,1-2H3,(H,24,26)/b18-9-. The van der Waals surface area contributed by atoms with E-state index in [9.17, 15) is 14.4 Å². The summed E-state index contributed by atoms with van der Waals surface area (Å²) in [6, 6.07) is 10.5. The molecule has 0 unspecified atom stereocenters. The fraction of sp³-hybridized carbons (Fsp3) is 0.190. The predicted octanol–water partition coefficient (Wildman–Crippen LogP) is 5.29. The number of nitrogens with one attached hydrogen (secondary N) is 1. The number of imide groups is 1. The Morgan fingerprint density at radius 2 is 1.90 bits per heavy atom. The number of hydrogen-bond acceptors (Lipinski definition) is 6. The molecule has 0 spiro atoms. The van der Waals surface area contributed by atoms with Crippen LogP contribution in [0.5, 0.6) is 11.5 Å². The number of halogens is 2. The Kier molecular flexibility index (Phi) is 7.79. The summed E-state index contributed by atoms with van der Waals surface area (Å²) in [5, 5.41) is 2.18. The minimum absolute atomic E-state index is 0.214. The lowest BCUT2D eigenvalue weighted by Gasteiger charge is -2.13. The van der Waals surface area contributed by atoms with Crippen molar-refractivity contribution in [3.8, 4) is 11.5 Å². The maximum atomic E-state index is 12.8. The summed E-state index contributed by atoms with van der Waals surface area (Å²) >= 11 is 7.58. The van der Waals surface area contributed by atoms with Gasteiger partial charge in [0.2, 0.25) is 5.91 Å². The van der Waals surface area contributed by atoms with E-state index in [1.54, 1.807) is 36.4 Å². The molecule has 1 saturated heterocycles. The molecule has 2 aromatic rings. The molecule has 0 aliphatic carbocycles. The Labute approximate surface area is 200 Å². The minimum atomic E-state index is -0.531. The lowest BCUT2D eigenvalue weighted by molar-refractivity contribution is -0.127. The maximum Gasteiger partial charge on any atom is 0.294 e. The minimum Gasteiger partial charge on any atom is -0.493 e. The van der Waals surface area contributed by atoms with Gasteiger partial charge in [-0.25, -0.2) is 0 Å². The number of thioether (sulfide) groups is 1. The molecular formula is C21H18Br2N2O5S. The van der Waals surface area contributed by atoms with E-state index in [0.29, 0.717) is 38.3 Å². The molecule has 0 aromatic heterocycles. The van der Waals surface area contributed by atoms with Crippen molar-refractivity contribution >= 4 is 72.4 Å². The van der Waals surface area contributed by atoms with Crippen molar-refractivity contribution in [3.63, 3.8) is 0 Å². The zero-order chi connectivity index (χ0) is 22.5. The van der Waals surface area contributed by atoms with Gasteiger partial charge in [-0.2, -0.15) is 0 Å². The largest absolute Gasteiger partial charge is 0.493 e. The van der Waals surface area contributed by atoms with Crippen LogP contribution < -0.4 is 14.8 Å². The molecule has 2 aromatic carbocycles. The first-order valence-electron chi connectivity index (χ1n) is 9.14. The summed E-state index contributed by atoms with van der Waals surface area (Å²) in [4.78, 5) is 38.6. The molecule has 7 nitrogen and oxygen atoms in total. The van der Waals surface area contributed by atoms with E-state index < -0.39 is 17.1 Å². The van der Waals surface area contributed by atoms with Gasteiger partial charge in [-0.3, -0.25) is 19.3 Å². The van der Waals surface area contributed by atoms with Crippen molar-refractivity contribution in [1.29, 1.82) is 0 Å². The molecule has 1 aliphatic rings. The molecule has 31 heavy (non-hydrogen) atoms. The Morgan fingerprint density at radius 1 is 1.16 bits per heavy atom. The van der Waals surface area contributed by atoms with E-state index >= 15 is 0 Å². The summed E-state index contributed by atoms with van der Waals surface area (Å²) < 4.78 is 12.3. The SMILES string of the molecule is CCOc1cc(Br)c(/C=C2\SC(=O)N(CC(=O)Nc3ccccc3Br)C2=O)cc1OC. The van der Waals surface area contributed by atoms with Gasteiger partial charge in [-0.05, 0) is 70.5 Å². The van der Waals surface area contributed by atoms with Gasteiger partial charge in [0.05, 0.1) is 24.3 Å². The monoisotopic (exact) mass is 568 g/mol. The quantitative estimate of drug-likeness (QED) is 0.456. The van der Waals surface area contributed by atoms with E-state index in [4.69, 9.17) is 9.47 Å². The third-order valence-corrected chi connectivity index (χ3v) is 6.48. The van der Waals surface area contributed by atoms with E-state index in [1.807, 2.05) is 13.0 Å². The van der Waals surface area contributed by atoms with Crippen LogP contribution >= 0.6 is 43.6 Å². The van der Waals surface area contributed by atoms with Gasteiger partial charge >= 0.3 is 0 Å². The molecule has 1 aliphatic heterocycles. The highest BCUT2D eigenvalue weighted by molar-refractivity contribution is 9.11. The summed E-state index contributed by atoms with van der Waals surface area (Å²) in [6.45, 7) is 1.96. The highest BCUT2D eigenvalue weighted by Gasteiger charge is 2.36. The lowest BCUT2D eigenvalue weighted by atomic mass is 10.2. The number of benzene rings is 2. The first-order chi connectivity index (χ1) is 14.8. The number of anilines is 1. The van der Waals surface area contributed by atoms with E-state index in [2.05, 4.69) is 37.2 Å². The zero-order valence-electron chi connectivity index (χ0n) is 16.6. The van der Waals surface area contributed by atoms with E-state index in [1.165, 1.54) is 7.11 Å². The third kappa shape index (κ3) is 5.50. The normalized spacial score (nSPS) is 14.8. The van der Waals surface area contributed by atoms with E-state index in [0.717, 1.165) is 16.7 Å². The lowest BCUT2D eigenvalue weighted by Crippen LogP contribution is -2.36. The van der Waals surface area contributed by atoms with Crippen molar-refractivity contribution < 1.29 is 23.9 Å². The van der Waals surface area contributed by atoms with Gasteiger partial charge in [0.25, 0.3) is 11.1 Å². The maximum absolute atomic E-state index is 12.8. The predicted molar refractivity (Wildman–Crippen MR) is 127 cm³/mol. The van der Waals surface area contributed by atoms with Gasteiger partial charge < -0.3 is 14.8 Å². The van der Waals surface area contributed by atoms with Crippen LogP contribution in [0.4, 0.5) is 10.5 Å². The topological polar surface area (TPSA) is 84.9 Å². The van der Waals surface area contributed by atoms with Crippen LogP contribution in [-0.4, -0.2) is 42.2 Å². The number of carbonyl (C=O) groups excluding carboxylic acids is 3. The van der Waals surface area contributed by atoms with Gasteiger partial charge in [0, 0.05) is 8.95 Å². The highest BCUT2D eigenvalue weighted by atomic mass is 79.9. The second-order valence-corrected chi connectivity index (χ2v) is 8.96. The summed E-state index contributed by atoms with van der Waals surface area (Å²) in [6.07, 6.45) is 1.58. The average molecular weight is 570 g/mol. The zero-order valence-corrected chi connectivity index (χ0v) is 20.6. The third-order valence-electron chi connectivity index (χ3n) is 4.19. The van der Waals surface area contributed by atoms with Crippen LogP contribution in [0.15, 0.2) is 50.2 Å². The van der Waals surface area contributed by atoms with Crippen LogP contribution in [0.1, 0.15) is 12.5 Å². The molecule has 162 valence electrons. The molecule has 0 radical (unpaired) electrons. The molecule has 0 atom stereocenters.